The summed E-state index contributed by atoms with van der Waals surface area (Å²) in [4.78, 5) is 23.6. The van der Waals surface area contributed by atoms with Crippen LogP contribution in [0.15, 0.2) is 48.5 Å². The number of ether oxygens (including phenoxy) is 1. The second-order valence-corrected chi connectivity index (χ2v) is 4.50. The molecule has 0 fully saturated rings. The van der Waals surface area contributed by atoms with Crippen LogP contribution < -0.4 is 15.4 Å². The molecule has 0 aliphatic heterocycles. The van der Waals surface area contributed by atoms with Gasteiger partial charge in [-0.15, -0.1) is 0 Å². The molecule has 108 valence electrons. The largest absolute Gasteiger partial charge is 0.497 e. The molecule has 0 aromatic heterocycles. The minimum atomic E-state index is -0.722. The van der Waals surface area contributed by atoms with Crippen LogP contribution in [-0.2, 0) is 9.59 Å². The van der Waals surface area contributed by atoms with E-state index in [2.05, 4.69) is 10.6 Å². The predicted octanol–water partition coefficient (Wildman–Crippen LogP) is 2.58. The van der Waals surface area contributed by atoms with Crippen molar-refractivity contribution in [2.24, 2.45) is 0 Å². The van der Waals surface area contributed by atoms with Gasteiger partial charge in [0.05, 0.1) is 7.11 Å². The van der Waals surface area contributed by atoms with Crippen molar-refractivity contribution in [1.82, 2.24) is 0 Å². The lowest BCUT2D eigenvalue weighted by atomic mass is 10.2. The fraction of sp³-hybridized carbons (Fsp3) is 0.125. The molecular formula is C16H16N2O3. The Morgan fingerprint density at radius 3 is 1.67 bits per heavy atom. The molecule has 2 aromatic carbocycles. The SMILES string of the molecule is COc1ccc(NC(=O)C(=O)Nc2ccc(C)cc2)cc1. The second kappa shape index (κ2) is 6.56. The van der Waals surface area contributed by atoms with Gasteiger partial charge >= 0.3 is 11.8 Å². The highest BCUT2D eigenvalue weighted by Crippen LogP contribution is 2.15. The fourth-order valence-electron chi connectivity index (χ4n) is 1.69. The highest BCUT2D eigenvalue weighted by molar-refractivity contribution is 6.43. The first-order chi connectivity index (χ1) is 10.1. The zero-order chi connectivity index (χ0) is 15.2. The van der Waals surface area contributed by atoms with E-state index in [0.29, 0.717) is 17.1 Å². The van der Waals surface area contributed by atoms with Gasteiger partial charge in [0, 0.05) is 11.4 Å². The second-order valence-electron chi connectivity index (χ2n) is 4.50. The maximum atomic E-state index is 11.8. The fourth-order valence-corrected chi connectivity index (χ4v) is 1.69. The smallest absolute Gasteiger partial charge is 0.314 e. The molecule has 2 N–H and O–H groups in total. The summed E-state index contributed by atoms with van der Waals surface area (Å²) in [6.45, 7) is 1.95. The third-order valence-electron chi connectivity index (χ3n) is 2.86. The van der Waals surface area contributed by atoms with Crippen LogP contribution in [0.4, 0.5) is 11.4 Å². The van der Waals surface area contributed by atoms with Crippen molar-refractivity contribution in [3.8, 4) is 5.75 Å². The van der Waals surface area contributed by atoms with Gasteiger partial charge in [-0.2, -0.15) is 0 Å². The molecule has 2 amide bonds. The third kappa shape index (κ3) is 4.07. The molecule has 0 spiro atoms. The Kier molecular flexibility index (Phi) is 4.56. The molecular weight excluding hydrogens is 268 g/mol. The Bertz CT molecular complexity index is 634. The minimum Gasteiger partial charge on any atom is -0.497 e. The van der Waals surface area contributed by atoms with Gasteiger partial charge in [0.2, 0.25) is 0 Å². The Morgan fingerprint density at radius 1 is 0.810 bits per heavy atom. The van der Waals surface area contributed by atoms with Crippen LogP contribution in [0.2, 0.25) is 0 Å². The zero-order valence-electron chi connectivity index (χ0n) is 11.8. The number of nitrogens with one attached hydrogen (secondary N) is 2. The Morgan fingerprint density at radius 2 is 1.24 bits per heavy atom. The summed E-state index contributed by atoms with van der Waals surface area (Å²) in [5.41, 5.74) is 2.19. The molecule has 0 aliphatic rings. The van der Waals surface area contributed by atoms with Crippen molar-refractivity contribution in [3.05, 3.63) is 54.1 Å². The van der Waals surface area contributed by atoms with Gasteiger partial charge in [-0.1, -0.05) is 17.7 Å². The van der Waals surface area contributed by atoms with E-state index in [9.17, 15) is 9.59 Å². The van der Waals surface area contributed by atoms with Crippen LogP contribution in [0.1, 0.15) is 5.56 Å². The molecule has 0 saturated carbocycles. The van der Waals surface area contributed by atoms with Crippen molar-refractivity contribution in [3.63, 3.8) is 0 Å². The Balaban J connectivity index is 1.95. The molecule has 0 radical (unpaired) electrons. The molecule has 2 rings (SSSR count). The summed E-state index contributed by atoms with van der Waals surface area (Å²) in [6.07, 6.45) is 0. The van der Waals surface area contributed by atoms with E-state index in [0.717, 1.165) is 5.56 Å². The lowest BCUT2D eigenvalue weighted by Gasteiger charge is -2.07. The lowest BCUT2D eigenvalue weighted by Crippen LogP contribution is -2.29. The van der Waals surface area contributed by atoms with Crippen LogP contribution in [0.3, 0.4) is 0 Å². The molecule has 0 aliphatic carbocycles. The molecule has 0 atom stereocenters. The van der Waals surface area contributed by atoms with Gasteiger partial charge in [-0.05, 0) is 43.3 Å². The summed E-state index contributed by atoms with van der Waals surface area (Å²) >= 11 is 0. The van der Waals surface area contributed by atoms with E-state index in [4.69, 9.17) is 4.74 Å². The van der Waals surface area contributed by atoms with Gasteiger partial charge in [0.25, 0.3) is 0 Å². The molecule has 5 heteroatoms. The third-order valence-corrected chi connectivity index (χ3v) is 2.86. The van der Waals surface area contributed by atoms with Crippen molar-refractivity contribution < 1.29 is 14.3 Å². The van der Waals surface area contributed by atoms with Crippen LogP contribution in [0.25, 0.3) is 0 Å². The number of carbonyl (C=O) groups is 2. The van der Waals surface area contributed by atoms with E-state index >= 15 is 0 Å². The topological polar surface area (TPSA) is 67.4 Å². The van der Waals surface area contributed by atoms with Crippen LogP contribution in [-0.4, -0.2) is 18.9 Å². The Hall–Kier alpha value is -2.82. The number of methoxy groups -OCH3 is 1. The maximum Gasteiger partial charge on any atom is 0.314 e. The summed E-state index contributed by atoms with van der Waals surface area (Å²) in [7, 11) is 1.56. The van der Waals surface area contributed by atoms with Crippen LogP contribution >= 0.6 is 0 Å². The molecule has 0 bridgehead atoms. The van der Waals surface area contributed by atoms with E-state index in [1.54, 1.807) is 43.5 Å². The van der Waals surface area contributed by atoms with Gasteiger partial charge < -0.3 is 15.4 Å². The normalized spacial score (nSPS) is 9.81. The van der Waals surface area contributed by atoms with Crippen molar-refractivity contribution >= 4 is 23.2 Å². The van der Waals surface area contributed by atoms with Gasteiger partial charge in [-0.3, -0.25) is 9.59 Å². The number of hydrogen-bond acceptors (Lipinski definition) is 3. The summed E-state index contributed by atoms with van der Waals surface area (Å²) in [5, 5.41) is 5.05. The van der Waals surface area contributed by atoms with Crippen molar-refractivity contribution in [2.75, 3.05) is 17.7 Å². The Labute approximate surface area is 122 Å². The highest BCUT2D eigenvalue weighted by atomic mass is 16.5. The van der Waals surface area contributed by atoms with Gasteiger partial charge in [0.1, 0.15) is 5.75 Å². The molecule has 2 aromatic rings. The first kappa shape index (κ1) is 14.6. The predicted molar refractivity (Wildman–Crippen MR) is 81.4 cm³/mol. The van der Waals surface area contributed by atoms with Gasteiger partial charge in [-0.25, -0.2) is 0 Å². The lowest BCUT2D eigenvalue weighted by molar-refractivity contribution is -0.132. The van der Waals surface area contributed by atoms with Crippen LogP contribution in [0.5, 0.6) is 5.75 Å². The molecule has 0 saturated heterocycles. The van der Waals surface area contributed by atoms with Crippen molar-refractivity contribution in [2.45, 2.75) is 6.92 Å². The maximum absolute atomic E-state index is 11.8. The van der Waals surface area contributed by atoms with E-state index in [-0.39, 0.29) is 0 Å². The molecule has 0 heterocycles. The van der Waals surface area contributed by atoms with Crippen molar-refractivity contribution in [1.29, 1.82) is 0 Å². The first-order valence-electron chi connectivity index (χ1n) is 6.41. The zero-order valence-corrected chi connectivity index (χ0v) is 11.8. The summed E-state index contributed by atoms with van der Waals surface area (Å²) in [5.74, 6) is -0.757. The number of benzene rings is 2. The standard InChI is InChI=1S/C16H16N2O3/c1-11-3-5-12(6-4-11)17-15(19)16(20)18-13-7-9-14(21-2)10-8-13/h3-10H,1-2H3,(H,17,19)(H,18,20). The number of amides is 2. The first-order valence-corrected chi connectivity index (χ1v) is 6.41. The number of rotatable bonds is 3. The highest BCUT2D eigenvalue weighted by Gasteiger charge is 2.13. The summed E-state index contributed by atoms with van der Waals surface area (Å²) < 4.78 is 5.02. The van der Waals surface area contributed by atoms with Gasteiger partial charge in [0.15, 0.2) is 0 Å². The van der Waals surface area contributed by atoms with E-state index in [1.807, 2.05) is 19.1 Å². The number of aryl methyl sites for hydroxylation is 1. The number of carbonyl (C=O) groups excluding carboxylic acids is 2. The molecule has 0 unspecified atom stereocenters. The monoisotopic (exact) mass is 284 g/mol. The minimum absolute atomic E-state index is 0.528. The molecule has 21 heavy (non-hydrogen) atoms. The average molecular weight is 284 g/mol. The van der Waals surface area contributed by atoms with E-state index in [1.165, 1.54) is 0 Å². The summed E-state index contributed by atoms with van der Waals surface area (Å²) in [6, 6.07) is 13.9. The molecule has 5 nitrogen and oxygen atoms in total. The quantitative estimate of drug-likeness (QED) is 0.851. The average Bonchev–Trinajstić information content (AvgIpc) is 2.50. The van der Waals surface area contributed by atoms with Crippen LogP contribution in [0, 0.1) is 6.92 Å². The number of anilines is 2. The van der Waals surface area contributed by atoms with E-state index < -0.39 is 11.8 Å². The number of hydrogen-bond donors (Lipinski definition) is 2.